The lowest BCUT2D eigenvalue weighted by molar-refractivity contribution is -0.143. The number of esters is 1. The van der Waals surface area contributed by atoms with E-state index in [0.29, 0.717) is 19.4 Å². The second-order valence-corrected chi connectivity index (χ2v) is 17.8. The van der Waals surface area contributed by atoms with Crippen LogP contribution in [0.1, 0.15) is 271 Å². The summed E-state index contributed by atoms with van der Waals surface area (Å²) in [6, 6.07) is -0.635. The molecule has 0 aliphatic heterocycles. The standard InChI is InChI=1S/C54H101NO5/c1-3-5-7-9-11-13-14-15-16-18-22-25-28-32-36-40-44-48-54(59)60-49-45-41-37-33-29-26-23-20-17-19-21-24-27-31-35-39-43-47-53(58)55-51(50-56)52(57)46-42-38-34-30-12-10-8-6-4-2/h15-17,20,42,46,51-52,56-57H,3-14,18-19,21-41,43-45,47-50H2,1-2H3,(H,55,58)/b16-15-,20-17-,46-42+. The number of rotatable bonds is 48. The van der Waals surface area contributed by atoms with E-state index in [0.717, 1.165) is 57.8 Å². The predicted octanol–water partition coefficient (Wildman–Crippen LogP) is 15.7. The number of hydrogen-bond acceptors (Lipinski definition) is 5. The van der Waals surface area contributed by atoms with Crippen molar-refractivity contribution in [1.29, 1.82) is 0 Å². The Labute approximate surface area is 373 Å². The second-order valence-electron chi connectivity index (χ2n) is 17.8. The van der Waals surface area contributed by atoms with Crippen molar-refractivity contribution in [2.45, 2.75) is 283 Å². The highest BCUT2D eigenvalue weighted by molar-refractivity contribution is 5.76. The van der Waals surface area contributed by atoms with E-state index in [4.69, 9.17) is 4.74 Å². The lowest BCUT2D eigenvalue weighted by Gasteiger charge is -2.20. The summed E-state index contributed by atoms with van der Waals surface area (Å²) in [4.78, 5) is 24.4. The van der Waals surface area contributed by atoms with Gasteiger partial charge in [-0.3, -0.25) is 9.59 Å². The molecular weight excluding hydrogens is 743 g/mol. The summed E-state index contributed by atoms with van der Waals surface area (Å²) in [5, 5.41) is 22.9. The molecule has 0 aliphatic carbocycles. The molecule has 3 N–H and O–H groups in total. The highest BCUT2D eigenvalue weighted by Crippen LogP contribution is 2.15. The molecule has 0 aromatic rings. The molecule has 0 spiro atoms. The van der Waals surface area contributed by atoms with Gasteiger partial charge in [-0.2, -0.15) is 0 Å². The number of carbonyl (C=O) groups excluding carboxylic acids is 2. The normalized spacial score (nSPS) is 12.9. The van der Waals surface area contributed by atoms with E-state index in [1.807, 2.05) is 6.08 Å². The number of allylic oxidation sites excluding steroid dienone is 5. The van der Waals surface area contributed by atoms with Crippen LogP contribution in [0, 0.1) is 0 Å². The van der Waals surface area contributed by atoms with Crippen molar-refractivity contribution >= 4 is 11.9 Å². The van der Waals surface area contributed by atoms with Gasteiger partial charge in [-0.25, -0.2) is 0 Å². The smallest absolute Gasteiger partial charge is 0.305 e. The van der Waals surface area contributed by atoms with E-state index < -0.39 is 12.1 Å². The summed E-state index contributed by atoms with van der Waals surface area (Å²) in [5.41, 5.74) is 0. The summed E-state index contributed by atoms with van der Waals surface area (Å²) in [6.07, 6.45) is 60.1. The molecule has 0 bridgehead atoms. The largest absolute Gasteiger partial charge is 0.466 e. The average molecular weight is 844 g/mol. The summed E-state index contributed by atoms with van der Waals surface area (Å²) < 4.78 is 5.47. The number of ether oxygens (including phenoxy) is 1. The minimum Gasteiger partial charge on any atom is -0.466 e. The van der Waals surface area contributed by atoms with Crippen LogP contribution in [0.2, 0.25) is 0 Å². The van der Waals surface area contributed by atoms with Gasteiger partial charge in [0.05, 0.1) is 25.4 Å². The van der Waals surface area contributed by atoms with E-state index in [1.54, 1.807) is 6.08 Å². The maximum absolute atomic E-state index is 12.4. The molecule has 6 nitrogen and oxygen atoms in total. The summed E-state index contributed by atoms with van der Waals surface area (Å²) in [5.74, 6) is -0.0907. The molecule has 60 heavy (non-hydrogen) atoms. The van der Waals surface area contributed by atoms with Crippen LogP contribution in [0.5, 0.6) is 0 Å². The number of hydrogen-bond donors (Lipinski definition) is 3. The third-order valence-corrected chi connectivity index (χ3v) is 11.9. The van der Waals surface area contributed by atoms with Crippen LogP contribution < -0.4 is 5.32 Å². The Morgan fingerprint density at radius 3 is 1.18 bits per heavy atom. The molecule has 6 heteroatoms. The van der Waals surface area contributed by atoms with Gasteiger partial charge in [0.25, 0.3) is 0 Å². The SMILES string of the molecule is CCCCCCCC/C=C\CCCCCCCCCC(=O)OCCCCCCCC/C=C\CCCCCCCCCC(=O)NC(CO)C(O)/C=C/CCCCCCCCC. The Balaban J connectivity index is 3.45. The van der Waals surface area contributed by atoms with Gasteiger partial charge >= 0.3 is 5.97 Å². The van der Waals surface area contributed by atoms with Gasteiger partial charge in [0.1, 0.15) is 0 Å². The molecule has 1 amide bonds. The summed E-state index contributed by atoms with van der Waals surface area (Å²) in [6.45, 7) is 4.84. The fourth-order valence-corrected chi connectivity index (χ4v) is 7.80. The number of aliphatic hydroxyl groups is 2. The third kappa shape index (κ3) is 45.6. The van der Waals surface area contributed by atoms with Crippen molar-refractivity contribution in [1.82, 2.24) is 5.32 Å². The monoisotopic (exact) mass is 844 g/mol. The molecule has 352 valence electrons. The first kappa shape index (κ1) is 58.1. The van der Waals surface area contributed by atoms with Gasteiger partial charge in [-0.05, 0) is 83.5 Å². The van der Waals surface area contributed by atoms with Gasteiger partial charge in [0, 0.05) is 12.8 Å². The number of amides is 1. The third-order valence-electron chi connectivity index (χ3n) is 11.9. The summed E-state index contributed by atoms with van der Waals surface area (Å²) in [7, 11) is 0. The van der Waals surface area contributed by atoms with E-state index in [2.05, 4.69) is 43.5 Å². The van der Waals surface area contributed by atoms with Gasteiger partial charge in [-0.15, -0.1) is 0 Å². The van der Waals surface area contributed by atoms with Gasteiger partial charge < -0.3 is 20.3 Å². The van der Waals surface area contributed by atoms with E-state index in [1.165, 1.54) is 186 Å². The van der Waals surface area contributed by atoms with Crippen LogP contribution in [0.25, 0.3) is 0 Å². The first-order valence-electron chi connectivity index (χ1n) is 26.3. The van der Waals surface area contributed by atoms with Crippen LogP contribution in [-0.2, 0) is 14.3 Å². The van der Waals surface area contributed by atoms with Crippen LogP contribution in [0.15, 0.2) is 36.5 Å². The zero-order chi connectivity index (χ0) is 43.7. The van der Waals surface area contributed by atoms with Crippen molar-refractivity contribution in [3.8, 4) is 0 Å². The van der Waals surface area contributed by atoms with Crippen LogP contribution in [0.4, 0.5) is 0 Å². The van der Waals surface area contributed by atoms with Crippen molar-refractivity contribution in [3.05, 3.63) is 36.5 Å². The highest BCUT2D eigenvalue weighted by atomic mass is 16.5. The number of unbranched alkanes of at least 4 members (excludes halogenated alkanes) is 33. The van der Waals surface area contributed by atoms with Crippen LogP contribution in [0.3, 0.4) is 0 Å². The first-order valence-corrected chi connectivity index (χ1v) is 26.3. The first-order chi connectivity index (χ1) is 29.5. The molecule has 2 unspecified atom stereocenters. The number of aliphatic hydroxyl groups excluding tert-OH is 2. The predicted molar refractivity (Wildman–Crippen MR) is 259 cm³/mol. The van der Waals surface area contributed by atoms with Crippen molar-refractivity contribution in [3.63, 3.8) is 0 Å². The van der Waals surface area contributed by atoms with Gasteiger partial charge in [0.15, 0.2) is 0 Å². The molecule has 0 aliphatic rings. The Kier molecular flexibility index (Phi) is 48.1. The van der Waals surface area contributed by atoms with Crippen molar-refractivity contribution in [2.24, 2.45) is 0 Å². The van der Waals surface area contributed by atoms with Crippen LogP contribution >= 0.6 is 0 Å². The van der Waals surface area contributed by atoms with Crippen LogP contribution in [-0.4, -0.2) is 47.4 Å². The van der Waals surface area contributed by atoms with E-state index in [-0.39, 0.29) is 18.5 Å². The van der Waals surface area contributed by atoms with E-state index in [9.17, 15) is 19.8 Å². The molecule has 0 rings (SSSR count). The summed E-state index contributed by atoms with van der Waals surface area (Å²) >= 11 is 0. The Bertz CT molecular complexity index is 977. The average Bonchev–Trinajstić information content (AvgIpc) is 3.25. The Morgan fingerprint density at radius 1 is 0.450 bits per heavy atom. The maximum atomic E-state index is 12.4. The lowest BCUT2D eigenvalue weighted by atomic mass is 10.1. The fraction of sp³-hybridized carbons (Fsp3) is 0.852. The second kappa shape index (κ2) is 49.7. The molecule has 0 heterocycles. The van der Waals surface area contributed by atoms with Crippen molar-refractivity contribution < 1.29 is 24.5 Å². The highest BCUT2D eigenvalue weighted by Gasteiger charge is 2.18. The maximum Gasteiger partial charge on any atom is 0.305 e. The molecule has 0 aromatic carbocycles. The number of nitrogens with one attached hydrogen (secondary N) is 1. The fourth-order valence-electron chi connectivity index (χ4n) is 7.80. The van der Waals surface area contributed by atoms with E-state index >= 15 is 0 Å². The molecule has 0 radical (unpaired) electrons. The van der Waals surface area contributed by atoms with Gasteiger partial charge in [-0.1, -0.05) is 211 Å². The Morgan fingerprint density at radius 2 is 0.783 bits per heavy atom. The molecule has 0 aromatic heterocycles. The Hall–Kier alpha value is -1.92. The topological polar surface area (TPSA) is 95.9 Å². The molecule has 0 saturated heterocycles. The number of carbonyl (C=O) groups is 2. The zero-order valence-electron chi connectivity index (χ0n) is 39.9. The minimum atomic E-state index is -0.850. The van der Waals surface area contributed by atoms with Gasteiger partial charge in [0.2, 0.25) is 5.91 Å². The van der Waals surface area contributed by atoms with Crippen molar-refractivity contribution in [2.75, 3.05) is 13.2 Å². The molecule has 2 atom stereocenters. The zero-order valence-corrected chi connectivity index (χ0v) is 39.9. The molecule has 0 saturated carbocycles. The lowest BCUT2D eigenvalue weighted by Crippen LogP contribution is -2.45. The molecule has 0 fully saturated rings. The minimum absolute atomic E-state index is 0.00697. The quantitative estimate of drug-likeness (QED) is 0.0322. The molecular formula is C54H101NO5.